The van der Waals surface area contributed by atoms with Crippen molar-refractivity contribution in [1.29, 1.82) is 0 Å². The predicted molar refractivity (Wildman–Crippen MR) is 118 cm³/mol. The number of carbonyl (C=O) groups excluding carboxylic acids is 2. The van der Waals surface area contributed by atoms with Crippen molar-refractivity contribution in [3.8, 4) is 5.75 Å². The zero-order chi connectivity index (χ0) is 23.1. The van der Waals surface area contributed by atoms with Crippen molar-refractivity contribution in [3.63, 3.8) is 0 Å². The predicted octanol–water partition coefficient (Wildman–Crippen LogP) is 3.57. The lowest BCUT2D eigenvalue weighted by Gasteiger charge is -2.69. The van der Waals surface area contributed by atoms with E-state index in [4.69, 9.17) is 27.9 Å². The van der Waals surface area contributed by atoms with Crippen molar-refractivity contribution in [2.75, 3.05) is 13.2 Å². The first kappa shape index (κ1) is 22.8. The number of ether oxygens (including phenoxy) is 1. The van der Waals surface area contributed by atoms with Crippen molar-refractivity contribution in [2.24, 2.45) is 5.41 Å². The highest BCUT2D eigenvalue weighted by molar-refractivity contribution is 6.30. The molecule has 9 heteroatoms. The molecule has 1 atom stereocenters. The lowest BCUT2D eigenvalue weighted by atomic mass is 9.39. The van der Waals surface area contributed by atoms with Crippen LogP contribution in [0.2, 0.25) is 10.0 Å². The van der Waals surface area contributed by atoms with Gasteiger partial charge in [-0.1, -0.05) is 35.3 Å². The van der Waals surface area contributed by atoms with Crippen LogP contribution in [-0.4, -0.2) is 35.6 Å². The molecule has 0 aromatic heterocycles. The Morgan fingerprint density at radius 1 is 1.16 bits per heavy atom. The van der Waals surface area contributed by atoms with Crippen LogP contribution in [0.1, 0.15) is 31.7 Å². The van der Waals surface area contributed by atoms with Gasteiger partial charge in [-0.05, 0) is 56.0 Å². The molecule has 0 spiro atoms. The van der Waals surface area contributed by atoms with E-state index in [-0.39, 0.29) is 35.7 Å². The monoisotopic (exact) mass is 480 g/mol. The third-order valence-electron chi connectivity index (χ3n) is 6.24. The van der Waals surface area contributed by atoms with E-state index in [9.17, 15) is 19.1 Å². The Labute approximate surface area is 195 Å². The zero-order valence-corrected chi connectivity index (χ0v) is 18.9. The summed E-state index contributed by atoms with van der Waals surface area (Å²) in [6.07, 6.45) is 1.61. The number of halogens is 3. The van der Waals surface area contributed by atoms with E-state index in [1.165, 1.54) is 12.1 Å². The molecule has 2 aromatic rings. The zero-order valence-electron chi connectivity index (χ0n) is 17.4. The van der Waals surface area contributed by atoms with E-state index in [0.29, 0.717) is 29.8 Å². The van der Waals surface area contributed by atoms with Crippen molar-refractivity contribution >= 4 is 35.0 Å². The van der Waals surface area contributed by atoms with Crippen molar-refractivity contribution in [3.05, 3.63) is 63.9 Å². The lowest BCUT2D eigenvalue weighted by molar-refractivity contribution is -0.184. The van der Waals surface area contributed by atoms with Crippen molar-refractivity contribution in [1.82, 2.24) is 10.6 Å². The van der Waals surface area contributed by atoms with Crippen LogP contribution in [-0.2, 0) is 15.2 Å². The standard InChI is InChI=1S/C23H23Cl2FN2O4/c1-21(31,14-2-4-15(24)5-3-14)13-27-20(30)22-10-23(11-22,12-22)28-19(29)9-32-16-6-7-17(25)18(26)8-16/h2-8,31H,9-13H2,1H3,(H,27,30)(H,28,29). The van der Waals surface area contributed by atoms with Gasteiger partial charge in [0.1, 0.15) is 17.2 Å². The Morgan fingerprint density at radius 2 is 1.81 bits per heavy atom. The molecule has 2 aromatic carbocycles. The first-order valence-corrected chi connectivity index (χ1v) is 10.9. The van der Waals surface area contributed by atoms with E-state index < -0.39 is 22.4 Å². The Hall–Kier alpha value is -2.35. The van der Waals surface area contributed by atoms with Gasteiger partial charge in [-0.15, -0.1) is 0 Å². The molecule has 2 bridgehead atoms. The van der Waals surface area contributed by atoms with E-state index in [2.05, 4.69) is 10.6 Å². The number of rotatable bonds is 8. The summed E-state index contributed by atoms with van der Waals surface area (Å²) in [6.45, 7) is 1.44. The Kier molecular flexibility index (Phi) is 5.86. The summed E-state index contributed by atoms with van der Waals surface area (Å²) in [4.78, 5) is 24.9. The molecule has 0 radical (unpaired) electrons. The normalized spacial score (nSPS) is 25.0. The molecule has 170 valence electrons. The van der Waals surface area contributed by atoms with Gasteiger partial charge in [0.05, 0.1) is 17.0 Å². The van der Waals surface area contributed by atoms with Gasteiger partial charge in [0.25, 0.3) is 5.91 Å². The minimum absolute atomic E-state index is 0.0195. The van der Waals surface area contributed by atoms with Gasteiger partial charge < -0.3 is 20.5 Å². The van der Waals surface area contributed by atoms with Gasteiger partial charge in [-0.2, -0.15) is 0 Å². The fraction of sp³-hybridized carbons (Fsp3) is 0.391. The molecule has 3 aliphatic rings. The average molecular weight is 481 g/mol. The molecule has 5 rings (SSSR count). The van der Waals surface area contributed by atoms with Crippen LogP contribution in [0, 0.1) is 11.2 Å². The van der Waals surface area contributed by atoms with Gasteiger partial charge in [-0.3, -0.25) is 9.59 Å². The third-order valence-corrected chi connectivity index (χ3v) is 6.80. The highest BCUT2D eigenvalue weighted by Gasteiger charge is 2.72. The molecule has 3 saturated carbocycles. The highest BCUT2D eigenvalue weighted by atomic mass is 35.5. The molecule has 0 saturated heterocycles. The second-order valence-electron chi connectivity index (χ2n) is 8.97. The first-order chi connectivity index (χ1) is 15.0. The van der Waals surface area contributed by atoms with Gasteiger partial charge in [0.2, 0.25) is 5.91 Å². The number of nitrogens with one attached hydrogen (secondary N) is 2. The van der Waals surface area contributed by atoms with Crippen LogP contribution in [0.4, 0.5) is 4.39 Å². The lowest BCUT2D eigenvalue weighted by Crippen LogP contribution is -2.78. The molecule has 32 heavy (non-hydrogen) atoms. The Balaban J connectivity index is 1.22. The van der Waals surface area contributed by atoms with Crippen molar-refractivity contribution < 1.29 is 23.8 Å². The van der Waals surface area contributed by atoms with Gasteiger partial charge in [0.15, 0.2) is 6.61 Å². The minimum Gasteiger partial charge on any atom is -0.484 e. The maximum Gasteiger partial charge on any atom is 0.258 e. The number of amides is 2. The summed E-state index contributed by atoms with van der Waals surface area (Å²) in [5, 5.41) is 17.0. The third kappa shape index (κ3) is 4.42. The summed E-state index contributed by atoms with van der Waals surface area (Å²) in [5.41, 5.74) is -1.48. The van der Waals surface area contributed by atoms with E-state index >= 15 is 0 Å². The molecule has 0 heterocycles. The molecule has 3 N–H and O–H groups in total. The molecular weight excluding hydrogens is 458 g/mol. The molecular formula is C23H23Cl2FN2O4. The second-order valence-corrected chi connectivity index (χ2v) is 9.81. The number of carbonyl (C=O) groups is 2. The maximum absolute atomic E-state index is 13.4. The molecule has 0 aliphatic heterocycles. The SMILES string of the molecule is CC(O)(CNC(=O)C12CC(NC(=O)COc3ccc(Cl)c(F)c3)(C1)C2)c1ccc(Cl)cc1. The van der Waals surface area contributed by atoms with Gasteiger partial charge in [-0.25, -0.2) is 4.39 Å². The molecule has 1 unspecified atom stereocenters. The summed E-state index contributed by atoms with van der Waals surface area (Å²) in [5.74, 6) is -0.870. The minimum atomic E-state index is -1.23. The molecule has 2 amide bonds. The maximum atomic E-state index is 13.4. The van der Waals surface area contributed by atoms with Crippen LogP contribution in [0.25, 0.3) is 0 Å². The van der Waals surface area contributed by atoms with Crippen molar-refractivity contribution in [2.45, 2.75) is 37.3 Å². The largest absolute Gasteiger partial charge is 0.484 e. The van der Waals surface area contributed by atoms with Gasteiger partial charge >= 0.3 is 0 Å². The fourth-order valence-corrected chi connectivity index (χ4v) is 4.80. The summed E-state index contributed by atoms with van der Waals surface area (Å²) in [7, 11) is 0. The van der Waals surface area contributed by atoms with E-state index in [1.807, 2.05) is 0 Å². The van der Waals surface area contributed by atoms with Crippen LogP contribution >= 0.6 is 23.2 Å². The topological polar surface area (TPSA) is 87.7 Å². The Bertz CT molecular complexity index is 1040. The van der Waals surface area contributed by atoms with E-state index in [1.54, 1.807) is 31.2 Å². The van der Waals surface area contributed by atoms with Crippen LogP contribution < -0.4 is 15.4 Å². The summed E-state index contributed by atoms with van der Waals surface area (Å²) in [6, 6.07) is 10.8. The average Bonchev–Trinajstić information content (AvgIpc) is 2.69. The number of benzene rings is 2. The quantitative estimate of drug-likeness (QED) is 0.538. The number of aliphatic hydroxyl groups is 1. The van der Waals surface area contributed by atoms with E-state index in [0.717, 1.165) is 6.07 Å². The molecule has 3 aliphatic carbocycles. The fourth-order valence-electron chi connectivity index (χ4n) is 4.56. The van der Waals surface area contributed by atoms with Crippen LogP contribution in [0.5, 0.6) is 5.75 Å². The number of hydrogen-bond acceptors (Lipinski definition) is 4. The molecule has 6 nitrogen and oxygen atoms in total. The summed E-state index contributed by atoms with van der Waals surface area (Å²) < 4.78 is 18.7. The highest BCUT2D eigenvalue weighted by Crippen LogP contribution is 2.67. The van der Waals surface area contributed by atoms with Crippen LogP contribution in [0.3, 0.4) is 0 Å². The first-order valence-electron chi connectivity index (χ1n) is 10.2. The second kappa shape index (κ2) is 8.21. The van der Waals surface area contributed by atoms with Crippen LogP contribution in [0.15, 0.2) is 42.5 Å². The van der Waals surface area contributed by atoms with Gasteiger partial charge in [0, 0.05) is 16.6 Å². The summed E-state index contributed by atoms with van der Waals surface area (Å²) >= 11 is 11.5. The smallest absolute Gasteiger partial charge is 0.258 e. The Morgan fingerprint density at radius 3 is 2.44 bits per heavy atom. The number of hydrogen-bond donors (Lipinski definition) is 3. The molecule has 3 fully saturated rings.